The van der Waals surface area contributed by atoms with Crippen LogP contribution in [0.2, 0.25) is 0 Å². The monoisotopic (exact) mass is 448 g/mol. The predicted molar refractivity (Wildman–Crippen MR) is 128 cm³/mol. The number of amides is 1. The lowest BCUT2D eigenvalue weighted by Gasteiger charge is -2.27. The second-order valence-corrected chi connectivity index (χ2v) is 10.3. The third-order valence-corrected chi connectivity index (χ3v) is 8.38. The summed E-state index contributed by atoms with van der Waals surface area (Å²) in [7, 11) is 0. The van der Waals surface area contributed by atoms with E-state index >= 15 is 0 Å². The van der Waals surface area contributed by atoms with Gasteiger partial charge in [-0.3, -0.25) is 19.1 Å². The number of fused-ring (bicyclic) bond motifs is 4. The Labute approximate surface area is 191 Å². The molecule has 4 heterocycles. The van der Waals surface area contributed by atoms with Gasteiger partial charge in [-0.05, 0) is 68.8 Å². The van der Waals surface area contributed by atoms with Crippen LogP contribution in [0.15, 0.2) is 29.1 Å². The number of aryl methyl sites for hydroxylation is 2. The van der Waals surface area contributed by atoms with E-state index in [9.17, 15) is 9.59 Å². The molecule has 0 N–H and O–H groups in total. The van der Waals surface area contributed by atoms with Gasteiger partial charge in [0.1, 0.15) is 17.2 Å². The number of aromatic nitrogens is 2. The summed E-state index contributed by atoms with van der Waals surface area (Å²) < 4.78 is 1.69. The molecule has 6 rings (SSSR count). The van der Waals surface area contributed by atoms with E-state index in [-0.39, 0.29) is 18.0 Å². The summed E-state index contributed by atoms with van der Waals surface area (Å²) in [5, 5.41) is 0.763. The lowest BCUT2D eigenvalue weighted by Crippen LogP contribution is -2.39. The molecule has 1 aromatic carbocycles. The van der Waals surface area contributed by atoms with E-state index in [2.05, 4.69) is 11.0 Å². The molecule has 0 unspecified atom stereocenters. The van der Waals surface area contributed by atoms with Crippen LogP contribution in [0.3, 0.4) is 0 Å². The third kappa shape index (κ3) is 3.39. The van der Waals surface area contributed by atoms with Crippen molar-refractivity contribution in [3.05, 3.63) is 56.4 Å². The highest BCUT2D eigenvalue weighted by molar-refractivity contribution is 7.18. The van der Waals surface area contributed by atoms with Crippen LogP contribution < -0.4 is 10.5 Å². The van der Waals surface area contributed by atoms with Gasteiger partial charge in [0.25, 0.3) is 5.56 Å². The molecule has 2 aliphatic heterocycles. The van der Waals surface area contributed by atoms with Gasteiger partial charge in [-0.1, -0.05) is 24.6 Å². The van der Waals surface area contributed by atoms with Crippen LogP contribution in [0.25, 0.3) is 10.2 Å². The predicted octanol–water partition coefficient (Wildman–Crippen LogP) is 3.52. The van der Waals surface area contributed by atoms with Gasteiger partial charge in [0.05, 0.1) is 11.9 Å². The highest BCUT2D eigenvalue weighted by Crippen LogP contribution is 2.35. The Hall–Kier alpha value is -2.51. The van der Waals surface area contributed by atoms with Crippen molar-refractivity contribution in [2.75, 3.05) is 24.5 Å². The molecule has 3 aliphatic rings. The van der Waals surface area contributed by atoms with Crippen molar-refractivity contribution < 1.29 is 4.79 Å². The number of hydrogen-bond acceptors (Lipinski definition) is 5. The van der Waals surface area contributed by atoms with Crippen molar-refractivity contribution in [1.82, 2.24) is 14.5 Å². The Balaban J connectivity index is 1.39. The topological polar surface area (TPSA) is 58.4 Å². The lowest BCUT2D eigenvalue weighted by atomic mass is 10.1. The first-order valence-electron chi connectivity index (χ1n) is 11.8. The largest absolute Gasteiger partial charge is 0.310 e. The van der Waals surface area contributed by atoms with Crippen molar-refractivity contribution in [3.8, 4) is 0 Å². The number of thiophene rings is 1. The maximum absolute atomic E-state index is 13.7. The molecule has 0 saturated carbocycles. The number of benzene rings is 1. The first-order valence-corrected chi connectivity index (χ1v) is 12.7. The van der Waals surface area contributed by atoms with Gasteiger partial charge in [-0.15, -0.1) is 11.3 Å². The zero-order valence-corrected chi connectivity index (χ0v) is 19.1. The standard InChI is InChI=1S/C25H28N4O2S/c30-22(28-14-11-17-7-2-3-9-19(17)28)16-29-21(15-27-12-4-1-5-13-27)26-24-23(25(29)31)18-8-6-10-20(18)32-24/h2-3,7,9H,1,4-6,8,10-16H2. The van der Waals surface area contributed by atoms with Gasteiger partial charge >= 0.3 is 0 Å². The fourth-order valence-corrected chi connectivity index (χ4v) is 6.81. The maximum Gasteiger partial charge on any atom is 0.263 e. The molecule has 32 heavy (non-hydrogen) atoms. The summed E-state index contributed by atoms with van der Waals surface area (Å²) in [4.78, 5) is 38.5. The average molecular weight is 449 g/mol. The van der Waals surface area contributed by atoms with E-state index in [0.29, 0.717) is 13.1 Å². The van der Waals surface area contributed by atoms with Crippen molar-refractivity contribution in [2.24, 2.45) is 0 Å². The van der Waals surface area contributed by atoms with E-state index in [0.717, 1.165) is 60.5 Å². The van der Waals surface area contributed by atoms with Crippen LogP contribution in [-0.4, -0.2) is 40.0 Å². The average Bonchev–Trinajstić information content (AvgIpc) is 3.51. The smallest absolute Gasteiger partial charge is 0.263 e. The number of rotatable bonds is 4. The summed E-state index contributed by atoms with van der Waals surface area (Å²) in [5.74, 6) is 0.718. The minimum absolute atomic E-state index is 0.0232. The molecule has 7 heteroatoms. The molecule has 166 valence electrons. The SMILES string of the molecule is O=C(Cn1c(CN2CCCCC2)nc2sc3c(c2c1=O)CCC3)N1CCc2ccccc21. The molecular formula is C25H28N4O2S. The van der Waals surface area contributed by atoms with E-state index in [1.54, 1.807) is 15.9 Å². The molecular weight excluding hydrogens is 420 g/mol. The number of nitrogens with zero attached hydrogens (tertiary/aromatic N) is 4. The van der Waals surface area contributed by atoms with Crippen molar-refractivity contribution in [3.63, 3.8) is 0 Å². The van der Waals surface area contributed by atoms with Gasteiger partial charge in [0, 0.05) is 17.1 Å². The van der Waals surface area contributed by atoms with Gasteiger partial charge in [-0.2, -0.15) is 0 Å². The highest BCUT2D eigenvalue weighted by atomic mass is 32.1. The molecule has 0 radical (unpaired) electrons. The number of carbonyl (C=O) groups excluding carboxylic acids is 1. The lowest BCUT2D eigenvalue weighted by molar-refractivity contribution is -0.119. The molecule has 6 nitrogen and oxygen atoms in total. The summed E-state index contributed by atoms with van der Waals surface area (Å²) in [6.07, 6.45) is 7.60. The van der Waals surface area contributed by atoms with Gasteiger partial charge in [0.2, 0.25) is 5.91 Å². The molecule has 1 aliphatic carbocycles. The highest BCUT2D eigenvalue weighted by Gasteiger charge is 2.28. The van der Waals surface area contributed by atoms with Gasteiger partial charge in [0.15, 0.2) is 0 Å². The molecule has 0 bridgehead atoms. The van der Waals surface area contributed by atoms with Crippen LogP contribution >= 0.6 is 11.3 Å². The quantitative estimate of drug-likeness (QED) is 0.613. The van der Waals surface area contributed by atoms with Gasteiger partial charge < -0.3 is 4.90 Å². The van der Waals surface area contributed by atoms with Crippen molar-refractivity contribution in [2.45, 2.75) is 58.0 Å². The summed E-state index contributed by atoms with van der Waals surface area (Å²) in [6, 6.07) is 8.08. The van der Waals surface area contributed by atoms with E-state index in [1.165, 1.54) is 35.3 Å². The first-order chi connectivity index (χ1) is 15.7. The Bertz CT molecular complexity index is 1250. The number of piperidine rings is 1. The summed E-state index contributed by atoms with van der Waals surface area (Å²) in [5.41, 5.74) is 3.33. The minimum atomic E-state index is -0.0257. The second-order valence-electron chi connectivity index (χ2n) is 9.22. The Morgan fingerprint density at radius 1 is 1.00 bits per heavy atom. The van der Waals surface area contributed by atoms with Crippen LogP contribution in [-0.2, 0) is 37.1 Å². The molecule has 3 aromatic rings. The number of para-hydroxylation sites is 1. The summed E-state index contributed by atoms with van der Waals surface area (Å²) in [6.45, 7) is 3.43. The molecule has 1 amide bonds. The third-order valence-electron chi connectivity index (χ3n) is 7.20. The zero-order chi connectivity index (χ0) is 21.7. The fourth-order valence-electron chi connectivity index (χ4n) is 5.54. The molecule has 0 atom stereocenters. The normalized spacial score (nSPS) is 18.3. The number of carbonyl (C=O) groups is 1. The van der Waals surface area contributed by atoms with E-state index in [4.69, 9.17) is 4.98 Å². The molecule has 1 saturated heterocycles. The Kier molecular flexibility index (Phi) is 5.11. The molecule has 1 fully saturated rings. The van der Waals surface area contributed by atoms with E-state index < -0.39 is 0 Å². The minimum Gasteiger partial charge on any atom is -0.310 e. The zero-order valence-electron chi connectivity index (χ0n) is 18.3. The van der Waals surface area contributed by atoms with Crippen molar-refractivity contribution >= 4 is 33.1 Å². The first kappa shape index (κ1) is 20.1. The Morgan fingerprint density at radius 2 is 1.84 bits per heavy atom. The van der Waals surface area contributed by atoms with Crippen LogP contribution in [0, 0.1) is 0 Å². The van der Waals surface area contributed by atoms with Crippen LogP contribution in [0.4, 0.5) is 5.69 Å². The fraction of sp³-hybridized carbons (Fsp3) is 0.480. The molecule has 2 aromatic heterocycles. The van der Waals surface area contributed by atoms with Crippen molar-refractivity contribution in [1.29, 1.82) is 0 Å². The van der Waals surface area contributed by atoms with Crippen LogP contribution in [0.1, 0.15) is 47.5 Å². The Morgan fingerprint density at radius 3 is 2.72 bits per heavy atom. The van der Waals surface area contributed by atoms with E-state index in [1.807, 2.05) is 23.1 Å². The molecule has 0 spiro atoms. The maximum atomic E-state index is 13.7. The number of anilines is 1. The van der Waals surface area contributed by atoms with Gasteiger partial charge in [-0.25, -0.2) is 4.98 Å². The number of hydrogen-bond donors (Lipinski definition) is 0. The summed E-state index contributed by atoms with van der Waals surface area (Å²) >= 11 is 1.68. The second kappa shape index (κ2) is 8.12. The number of likely N-dealkylation sites (tertiary alicyclic amines) is 1. The van der Waals surface area contributed by atoms with Crippen LogP contribution in [0.5, 0.6) is 0 Å².